The summed E-state index contributed by atoms with van der Waals surface area (Å²) in [7, 11) is 0. The molecule has 1 atom stereocenters. The number of amides is 1. The Labute approximate surface area is 128 Å². The van der Waals surface area contributed by atoms with Gasteiger partial charge in [0.15, 0.2) is 0 Å². The van der Waals surface area contributed by atoms with Gasteiger partial charge in [-0.2, -0.15) is 0 Å². The number of carbonyl (C=O) groups is 2. The van der Waals surface area contributed by atoms with E-state index in [4.69, 9.17) is 9.47 Å². The maximum Gasteiger partial charge on any atom is 0.407 e. The van der Waals surface area contributed by atoms with E-state index < -0.39 is 18.2 Å². The van der Waals surface area contributed by atoms with E-state index in [1.807, 2.05) is 0 Å². The van der Waals surface area contributed by atoms with Crippen molar-refractivity contribution in [2.24, 2.45) is 0 Å². The molecule has 5 heteroatoms. The van der Waals surface area contributed by atoms with E-state index in [9.17, 15) is 9.59 Å². The van der Waals surface area contributed by atoms with Crippen molar-refractivity contribution in [1.29, 1.82) is 0 Å². The average Bonchev–Trinajstić information content (AvgIpc) is 2.43. The number of unbranched alkanes of at least 4 members (excludes halogenated alkanes) is 5. The highest BCUT2D eigenvalue weighted by molar-refractivity contribution is 5.86. The van der Waals surface area contributed by atoms with E-state index in [-0.39, 0.29) is 6.61 Å². The van der Waals surface area contributed by atoms with E-state index >= 15 is 0 Å². The molecule has 0 rings (SSSR count). The molecule has 0 saturated heterocycles. The molecule has 0 fully saturated rings. The molecule has 0 aromatic carbocycles. The number of hydrogen-bond acceptors (Lipinski definition) is 4. The molecule has 1 N–H and O–H groups in total. The number of esters is 1. The van der Waals surface area contributed by atoms with Gasteiger partial charge in [0, 0.05) is 12.1 Å². The van der Waals surface area contributed by atoms with Crippen LogP contribution in [0.15, 0.2) is 12.2 Å². The Hall–Kier alpha value is -1.52. The molecule has 0 aliphatic rings. The van der Waals surface area contributed by atoms with Gasteiger partial charge in [0.2, 0.25) is 0 Å². The number of hydrogen-bond donors (Lipinski definition) is 1. The molecule has 0 spiro atoms. The van der Waals surface area contributed by atoms with Crippen molar-refractivity contribution in [3.63, 3.8) is 0 Å². The Balaban J connectivity index is 3.56. The topological polar surface area (TPSA) is 64.6 Å². The molecule has 21 heavy (non-hydrogen) atoms. The Bertz CT molecular complexity index is 328. The summed E-state index contributed by atoms with van der Waals surface area (Å²) in [6.07, 6.45) is 6.10. The van der Waals surface area contributed by atoms with Crippen molar-refractivity contribution in [3.8, 4) is 0 Å². The lowest BCUT2D eigenvalue weighted by Gasteiger charge is -2.14. The zero-order valence-corrected chi connectivity index (χ0v) is 13.6. The van der Waals surface area contributed by atoms with E-state index in [1.54, 1.807) is 13.8 Å². The zero-order valence-electron chi connectivity index (χ0n) is 13.6. The van der Waals surface area contributed by atoms with Crippen LogP contribution in [0.1, 0.15) is 59.3 Å². The van der Waals surface area contributed by atoms with E-state index in [0.29, 0.717) is 12.1 Å². The molecule has 0 bridgehead atoms. The van der Waals surface area contributed by atoms with Gasteiger partial charge in [-0.05, 0) is 20.3 Å². The fourth-order valence-electron chi connectivity index (χ4n) is 1.67. The van der Waals surface area contributed by atoms with Crippen molar-refractivity contribution in [2.75, 3.05) is 13.2 Å². The van der Waals surface area contributed by atoms with Crippen molar-refractivity contribution in [1.82, 2.24) is 5.32 Å². The molecule has 0 aliphatic heterocycles. The largest absolute Gasteiger partial charge is 0.458 e. The normalized spacial score (nSPS) is 11.6. The lowest BCUT2D eigenvalue weighted by Crippen LogP contribution is -2.31. The molecule has 0 aliphatic carbocycles. The highest BCUT2D eigenvalue weighted by Gasteiger charge is 2.11. The first-order chi connectivity index (χ1) is 9.97. The molecule has 122 valence electrons. The van der Waals surface area contributed by atoms with Gasteiger partial charge in [0.1, 0.15) is 12.7 Å². The number of ether oxygens (including phenoxy) is 2. The van der Waals surface area contributed by atoms with Crippen LogP contribution in [0.3, 0.4) is 0 Å². The number of rotatable bonds is 11. The summed E-state index contributed by atoms with van der Waals surface area (Å²) in [5.41, 5.74) is 0.328. The van der Waals surface area contributed by atoms with Crippen LogP contribution < -0.4 is 5.32 Å². The van der Waals surface area contributed by atoms with Gasteiger partial charge in [0.05, 0.1) is 0 Å². The maximum atomic E-state index is 11.5. The summed E-state index contributed by atoms with van der Waals surface area (Å²) < 4.78 is 9.97. The predicted molar refractivity (Wildman–Crippen MR) is 83.1 cm³/mol. The van der Waals surface area contributed by atoms with Crippen molar-refractivity contribution >= 4 is 12.1 Å². The van der Waals surface area contributed by atoms with E-state index in [2.05, 4.69) is 18.8 Å². The first-order valence-corrected chi connectivity index (χ1v) is 7.74. The molecule has 0 aromatic rings. The summed E-state index contributed by atoms with van der Waals surface area (Å²) in [5, 5.41) is 2.70. The lowest BCUT2D eigenvalue weighted by atomic mass is 10.1. The van der Waals surface area contributed by atoms with Gasteiger partial charge in [-0.25, -0.2) is 9.59 Å². The molecule has 0 radical (unpaired) electrons. The van der Waals surface area contributed by atoms with Crippen LogP contribution >= 0.6 is 0 Å². The first kappa shape index (κ1) is 19.5. The SMILES string of the molecule is C=C(C)C(=O)OCC(C)OC(=O)NCCCCCCCC. The number of alkyl carbamates (subject to hydrolysis) is 1. The number of carbonyl (C=O) groups excluding carboxylic acids is 2. The fraction of sp³-hybridized carbons (Fsp3) is 0.750. The molecular formula is C16H29NO4. The monoisotopic (exact) mass is 299 g/mol. The lowest BCUT2D eigenvalue weighted by molar-refractivity contribution is -0.141. The van der Waals surface area contributed by atoms with Crippen LogP contribution in [0.2, 0.25) is 0 Å². The van der Waals surface area contributed by atoms with E-state index in [1.165, 1.54) is 25.7 Å². The van der Waals surface area contributed by atoms with Gasteiger partial charge in [0.25, 0.3) is 0 Å². The molecule has 1 unspecified atom stereocenters. The quantitative estimate of drug-likeness (QED) is 0.360. The molecule has 5 nitrogen and oxygen atoms in total. The highest BCUT2D eigenvalue weighted by atomic mass is 16.6. The van der Waals surface area contributed by atoms with Gasteiger partial charge in [-0.1, -0.05) is 45.6 Å². The summed E-state index contributed by atoms with van der Waals surface area (Å²) in [6, 6.07) is 0. The van der Waals surface area contributed by atoms with Crippen molar-refractivity contribution < 1.29 is 19.1 Å². The number of nitrogens with one attached hydrogen (secondary N) is 1. The van der Waals surface area contributed by atoms with Crippen LogP contribution in [0.4, 0.5) is 4.79 Å². The van der Waals surface area contributed by atoms with Crippen molar-refractivity contribution in [3.05, 3.63) is 12.2 Å². The van der Waals surface area contributed by atoms with E-state index in [0.717, 1.165) is 12.8 Å². The second-order valence-electron chi connectivity index (χ2n) is 5.29. The second kappa shape index (κ2) is 12.2. The van der Waals surface area contributed by atoms with Crippen molar-refractivity contribution in [2.45, 2.75) is 65.4 Å². The summed E-state index contributed by atoms with van der Waals surface area (Å²) in [5.74, 6) is -0.474. The predicted octanol–water partition coefficient (Wildman–Crippen LogP) is 3.58. The second-order valence-corrected chi connectivity index (χ2v) is 5.29. The first-order valence-electron chi connectivity index (χ1n) is 7.74. The Morgan fingerprint density at radius 1 is 1.14 bits per heavy atom. The molecular weight excluding hydrogens is 270 g/mol. The van der Waals surface area contributed by atoms with Gasteiger partial charge in [-0.15, -0.1) is 0 Å². The molecule has 0 aromatic heterocycles. The van der Waals surface area contributed by atoms with Crippen LogP contribution in [0.25, 0.3) is 0 Å². The smallest absolute Gasteiger partial charge is 0.407 e. The summed E-state index contributed by atoms with van der Waals surface area (Å²) in [6.45, 7) is 9.56. The molecule has 0 heterocycles. The third kappa shape index (κ3) is 12.0. The minimum absolute atomic E-state index is 0.0378. The third-order valence-corrected chi connectivity index (χ3v) is 2.91. The zero-order chi connectivity index (χ0) is 16.1. The fourth-order valence-corrected chi connectivity index (χ4v) is 1.67. The average molecular weight is 299 g/mol. The van der Waals surface area contributed by atoms with Gasteiger partial charge < -0.3 is 14.8 Å². The highest BCUT2D eigenvalue weighted by Crippen LogP contribution is 2.04. The standard InChI is InChI=1S/C16H29NO4/c1-5-6-7-8-9-10-11-17-16(19)21-14(4)12-20-15(18)13(2)3/h14H,2,5-12H2,1,3-4H3,(H,17,19). The third-order valence-electron chi connectivity index (χ3n) is 2.91. The summed E-state index contributed by atoms with van der Waals surface area (Å²) >= 11 is 0. The van der Waals surface area contributed by atoms with Crippen LogP contribution in [0.5, 0.6) is 0 Å². The Morgan fingerprint density at radius 2 is 1.76 bits per heavy atom. The molecule has 0 saturated carbocycles. The van der Waals surface area contributed by atoms with Gasteiger partial charge >= 0.3 is 12.1 Å². The maximum absolute atomic E-state index is 11.5. The molecule has 1 amide bonds. The Morgan fingerprint density at radius 3 is 2.38 bits per heavy atom. The minimum atomic E-state index is -0.474. The van der Waals surface area contributed by atoms with Crippen LogP contribution in [0, 0.1) is 0 Å². The van der Waals surface area contributed by atoms with Gasteiger partial charge in [-0.3, -0.25) is 0 Å². The van der Waals surface area contributed by atoms with Crippen LogP contribution in [-0.2, 0) is 14.3 Å². The van der Waals surface area contributed by atoms with Crippen LogP contribution in [-0.4, -0.2) is 31.3 Å². The Kier molecular flexibility index (Phi) is 11.4. The summed E-state index contributed by atoms with van der Waals surface area (Å²) in [4.78, 5) is 22.6. The minimum Gasteiger partial charge on any atom is -0.458 e.